The first-order valence-electron chi connectivity index (χ1n) is 6.04. The fourth-order valence-corrected chi connectivity index (χ4v) is 1.80. The van der Waals surface area contributed by atoms with Crippen LogP contribution in [0.2, 0.25) is 0 Å². The smallest absolute Gasteiger partial charge is 0.125 e. The molecular weight excluding hydrogens is 198 g/mol. The highest BCUT2D eigenvalue weighted by atomic mass is 16.5. The predicted molar refractivity (Wildman–Crippen MR) is 68.9 cm³/mol. The third-order valence-corrected chi connectivity index (χ3v) is 2.82. The molecule has 0 aliphatic heterocycles. The normalized spacial score (nSPS) is 12.5. The largest absolute Gasteiger partial charge is 0.493 e. The molecular formula is C14H23NO. The maximum atomic E-state index is 5.89. The molecule has 0 bridgehead atoms. The first kappa shape index (κ1) is 13.0. The summed E-state index contributed by atoms with van der Waals surface area (Å²) in [6.07, 6.45) is 2.22. The highest BCUT2D eigenvalue weighted by Gasteiger charge is 2.06. The van der Waals surface area contributed by atoms with E-state index in [2.05, 4.69) is 39.0 Å². The van der Waals surface area contributed by atoms with Crippen LogP contribution in [0.4, 0.5) is 0 Å². The molecule has 1 atom stereocenters. The third-order valence-electron chi connectivity index (χ3n) is 2.82. The molecule has 0 saturated carbocycles. The van der Waals surface area contributed by atoms with Crippen molar-refractivity contribution in [2.75, 3.05) is 13.2 Å². The predicted octanol–water partition coefficient (Wildman–Crippen LogP) is 3.06. The molecule has 0 aromatic heterocycles. The van der Waals surface area contributed by atoms with Gasteiger partial charge in [-0.15, -0.1) is 0 Å². The number of hydrogen-bond acceptors (Lipinski definition) is 2. The van der Waals surface area contributed by atoms with Gasteiger partial charge < -0.3 is 10.5 Å². The summed E-state index contributed by atoms with van der Waals surface area (Å²) in [5.74, 6) is 1.62. The minimum Gasteiger partial charge on any atom is -0.493 e. The van der Waals surface area contributed by atoms with Crippen LogP contribution in [0.5, 0.6) is 5.75 Å². The first-order valence-corrected chi connectivity index (χ1v) is 6.04. The second-order valence-electron chi connectivity index (χ2n) is 4.57. The Balaban J connectivity index is 2.48. The quantitative estimate of drug-likeness (QED) is 0.801. The van der Waals surface area contributed by atoms with E-state index in [0.717, 1.165) is 31.7 Å². The Kier molecular flexibility index (Phi) is 5.33. The summed E-state index contributed by atoms with van der Waals surface area (Å²) in [5, 5.41) is 0. The number of nitrogens with two attached hydrogens (primary N) is 1. The second kappa shape index (κ2) is 6.54. The number of aryl methyl sites for hydroxylation is 2. The number of ether oxygens (including phenoxy) is 1. The van der Waals surface area contributed by atoms with Gasteiger partial charge in [0.1, 0.15) is 5.75 Å². The topological polar surface area (TPSA) is 35.2 Å². The average Bonchev–Trinajstić information content (AvgIpc) is 2.25. The van der Waals surface area contributed by atoms with Crippen molar-refractivity contribution in [3.63, 3.8) is 0 Å². The third kappa shape index (κ3) is 3.86. The van der Waals surface area contributed by atoms with Crippen molar-refractivity contribution in [3.05, 3.63) is 29.3 Å². The molecule has 2 heteroatoms. The Morgan fingerprint density at radius 3 is 2.44 bits per heavy atom. The van der Waals surface area contributed by atoms with Crippen LogP contribution in [-0.2, 0) is 0 Å². The van der Waals surface area contributed by atoms with Gasteiger partial charge in [0.25, 0.3) is 0 Å². The van der Waals surface area contributed by atoms with Crippen molar-refractivity contribution in [2.24, 2.45) is 11.7 Å². The van der Waals surface area contributed by atoms with Crippen LogP contribution >= 0.6 is 0 Å². The standard InChI is InChI=1S/C14H23NO/c1-11(6-5-9-15)10-16-14-12(2)7-4-8-13(14)3/h4,7-8,11H,5-6,9-10,15H2,1-3H3. The van der Waals surface area contributed by atoms with Gasteiger partial charge in [0.2, 0.25) is 0 Å². The van der Waals surface area contributed by atoms with Gasteiger partial charge in [-0.05, 0) is 50.3 Å². The van der Waals surface area contributed by atoms with Crippen molar-refractivity contribution in [1.29, 1.82) is 0 Å². The van der Waals surface area contributed by atoms with Crippen LogP contribution in [0.25, 0.3) is 0 Å². The van der Waals surface area contributed by atoms with Gasteiger partial charge in [0.05, 0.1) is 6.61 Å². The molecule has 16 heavy (non-hydrogen) atoms. The molecule has 0 spiro atoms. The van der Waals surface area contributed by atoms with Crippen molar-refractivity contribution in [3.8, 4) is 5.75 Å². The molecule has 1 rings (SSSR count). The monoisotopic (exact) mass is 221 g/mol. The molecule has 0 aliphatic carbocycles. The van der Waals surface area contributed by atoms with Crippen molar-refractivity contribution in [1.82, 2.24) is 0 Å². The summed E-state index contributed by atoms with van der Waals surface area (Å²) >= 11 is 0. The van der Waals surface area contributed by atoms with Crippen LogP contribution in [0.1, 0.15) is 30.9 Å². The van der Waals surface area contributed by atoms with Gasteiger partial charge >= 0.3 is 0 Å². The minimum absolute atomic E-state index is 0.572. The van der Waals surface area contributed by atoms with Gasteiger partial charge in [0, 0.05) is 0 Å². The van der Waals surface area contributed by atoms with E-state index in [4.69, 9.17) is 10.5 Å². The Labute approximate surface area is 98.8 Å². The molecule has 2 N–H and O–H groups in total. The Bertz CT molecular complexity index is 302. The van der Waals surface area contributed by atoms with E-state index in [1.54, 1.807) is 0 Å². The summed E-state index contributed by atoms with van der Waals surface area (Å²) in [7, 11) is 0. The van der Waals surface area contributed by atoms with E-state index in [-0.39, 0.29) is 0 Å². The van der Waals surface area contributed by atoms with Crippen molar-refractivity contribution < 1.29 is 4.74 Å². The average molecular weight is 221 g/mol. The number of rotatable bonds is 6. The lowest BCUT2D eigenvalue weighted by Gasteiger charge is -2.15. The van der Waals surface area contributed by atoms with Gasteiger partial charge in [-0.1, -0.05) is 25.1 Å². The lowest BCUT2D eigenvalue weighted by molar-refractivity contribution is 0.248. The zero-order valence-electron chi connectivity index (χ0n) is 10.6. The van der Waals surface area contributed by atoms with E-state index in [1.165, 1.54) is 11.1 Å². The highest BCUT2D eigenvalue weighted by Crippen LogP contribution is 2.23. The molecule has 1 aromatic rings. The maximum absolute atomic E-state index is 5.89. The fraction of sp³-hybridized carbons (Fsp3) is 0.571. The second-order valence-corrected chi connectivity index (χ2v) is 4.57. The molecule has 90 valence electrons. The van der Waals surface area contributed by atoms with Crippen LogP contribution < -0.4 is 10.5 Å². The fourth-order valence-electron chi connectivity index (χ4n) is 1.80. The molecule has 0 fully saturated rings. The summed E-state index contributed by atoms with van der Waals surface area (Å²) in [5.41, 5.74) is 7.92. The molecule has 0 saturated heterocycles. The molecule has 0 heterocycles. The van der Waals surface area contributed by atoms with Crippen LogP contribution in [0, 0.1) is 19.8 Å². The van der Waals surface area contributed by atoms with Gasteiger partial charge in [0.15, 0.2) is 0 Å². The Hall–Kier alpha value is -1.02. The first-order chi connectivity index (χ1) is 7.65. The van der Waals surface area contributed by atoms with E-state index in [9.17, 15) is 0 Å². The lowest BCUT2D eigenvalue weighted by atomic mass is 10.1. The molecule has 2 nitrogen and oxygen atoms in total. The van der Waals surface area contributed by atoms with Gasteiger partial charge in [-0.2, -0.15) is 0 Å². The number of hydrogen-bond donors (Lipinski definition) is 1. The molecule has 0 aliphatic rings. The number of benzene rings is 1. The van der Waals surface area contributed by atoms with E-state index in [1.807, 2.05) is 0 Å². The molecule has 0 radical (unpaired) electrons. The van der Waals surface area contributed by atoms with Crippen molar-refractivity contribution in [2.45, 2.75) is 33.6 Å². The maximum Gasteiger partial charge on any atom is 0.125 e. The van der Waals surface area contributed by atoms with Crippen molar-refractivity contribution >= 4 is 0 Å². The summed E-state index contributed by atoms with van der Waals surface area (Å²) in [4.78, 5) is 0. The zero-order valence-corrected chi connectivity index (χ0v) is 10.6. The summed E-state index contributed by atoms with van der Waals surface area (Å²) in [6.45, 7) is 7.95. The minimum atomic E-state index is 0.572. The van der Waals surface area contributed by atoms with Crippen LogP contribution in [0.3, 0.4) is 0 Å². The number of para-hydroxylation sites is 1. The lowest BCUT2D eigenvalue weighted by Crippen LogP contribution is -2.11. The van der Waals surface area contributed by atoms with E-state index in [0.29, 0.717) is 5.92 Å². The summed E-state index contributed by atoms with van der Waals surface area (Å²) < 4.78 is 5.89. The Morgan fingerprint density at radius 2 is 1.88 bits per heavy atom. The van der Waals surface area contributed by atoms with Crippen LogP contribution in [-0.4, -0.2) is 13.2 Å². The van der Waals surface area contributed by atoms with E-state index >= 15 is 0 Å². The Morgan fingerprint density at radius 1 is 1.25 bits per heavy atom. The van der Waals surface area contributed by atoms with Gasteiger partial charge in [-0.3, -0.25) is 0 Å². The van der Waals surface area contributed by atoms with Gasteiger partial charge in [-0.25, -0.2) is 0 Å². The van der Waals surface area contributed by atoms with E-state index < -0.39 is 0 Å². The SMILES string of the molecule is Cc1cccc(C)c1OCC(C)CCCN. The summed E-state index contributed by atoms with van der Waals surface area (Å²) in [6, 6.07) is 6.25. The molecule has 1 aromatic carbocycles. The highest BCUT2D eigenvalue weighted by molar-refractivity contribution is 5.39. The molecule has 1 unspecified atom stereocenters. The zero-order chi connectivity index (χ0) is 12.0. The van der Waals surface area contributed by atoms with Crippen LogP contribution in [0.15, 0.2) is 18.2 Å². The molecule has 0 amide bonds.